The molecule has 0 spiro atoms. The fourth-order valence-corrected chi connectivity index (χ4v) is 5.18. The summed E-state index contributed by atoms with van der Waals surface area (Å²) in [7, 11) is 1.94. The summed E-state index contributed by atoms with van der Waals surface area (Å²) in [5, 5.41) is 1.82. The van der Waals surface area contributed by atoms with E-state index in [-0.39, 0.29) is 17.5 Å². The minimum absolute atomic E-state index is 0.0378. The van der Waals surface area contributed by atoms with Crippen molar-refractivity contribution in [3.8, 4) is 0 Å². The van der Waals surface area contributed by atoms with Crippen molar-refractivity contribution in [2.45, 2.75) is 51.0 Å². The van der Waals surface area contributed by atoms with Crippen LogP contribution in [0, 0.1) is 0 Å². The Morgan fingerprint density at radius 2 is 1.71 bits per heavy atom. The first-order valence-corrected chi connectivity index (χ1v) is 10.6. The number of benzene rings is 1. The number of para-hydroxylation sites is 1. The number of carbonyl (C=O) groups excluding carboxylic acids is 1. The monoisotopic (exact) mass is 377 g/mol. The summed E-state index contributed by atoms with van der Waals surface area (Å²) in [4.78, 5) is 29.0. The van der Waals surface area contributed by atoms with Gasteiger partial charge in [0, 0.05) is 48.7 Å². The molecule has 1 saturated carbocycles. The number of pyridine rings is 1. The van der Waals surface area contributed by atoms with Gasteiger partial charge in [-0.15, -0.1) is 0 Å². The Morgan fingerprint density at radius 1 is 1.00 bits per heavy atom. The number of hydrogen-bond acceptors (Lipinski definition) is 2. The van der Waals surface area contributed by atoms with E-state index in [0.717, 1.165) is 67.9 Å². The molecule has 0 bridgehead atoms. The van der Waals surface area contributed by atoms with Crippen molar-refractivity contribution in [1.29, 1.82) is 0 Å². The minimum atomic E-state index is 0.0378. The number of likely N-dealkylation sites (tertiary alicyclic amines) is 1. The van der Waals surface area contributed by atoms with E-state index in [1.807, 2.05) is 51.5 Å². The number of hydrogen-bond donors (Lipinski definition) is 0. The van der Waals surface area contributed by atoms with E-state index in [1.54, 1.807) is 0 Å². The highest BCUT2D eigenvalue weighted by Crippen LogP contribution is 2.33. The molecular weight excluding hydrogens is 350 g/mol. The predicted octanol–water partition coefficient (Wildman–Crippen LogP) is 4.23. The maximum Gasteiger partial charge on any atom is 0.275 e. The number of piperidine rings is 1. The fourth-order valence-electron chi connectivity index (χ4n) is 5.18. The van der Waals surface area contributed by atoms with Gasteiger partial charge in [0.1, 0.15) is 5.52 Å². The SMILES string of the molecule is Cn1c2ccccc2c2c(C(=O)N3CCCCC3)cn(C3CCCC3)c(=O)c21. The summed E-state index contributed by atoms with van der Waals surface area (Å²) < 4.78 is 3.84. The maximum atomic E-state index is 13.5. The lowest BCUT2D eigenvalue weighted by molar-refractivity contribution is 0.0725. The Kier molecular flexibility index (Phi) is 4.26. The molecule has 0 unspecified atom stereocenters. The van der Waals surface area contributed by atoms with Gasteiger partial charge in [0.2, 0.25) is 0 Å². The molecule has 5 nitrogen and oxygen atoms in total. The normalized spacial score (nSPS) is 18.4. The van der Waals surface area contributed by atoms with Crippen molar-refractivity contribution in [3.63, 3.8) is 0 Å². The van der Waals surface area contributed by atoms with Crippen LogP contribution in [0.1, 0.15) is 61.3 Å². The molecule has 1 aromatic carbocycles. The number of fused-ring (bicyclic) bond motifs is 3. The molecule has 1 amide bonds. The number of carbonyl (C=O) groups is 1. The molecule has 3 aromatic rings. The first kappa shape index (κ1) is 17.5. The van der Waals surface area contributed by atoms with Crippen LogP contribution in [0.25, 0.3) is 21.8 Å². The highest BCUT2D eigenvalue weighted by atomic mass is 16.2. The molecule has 0 atom stereocenters. The zero-order chi connectivity index (χ0) is 19.3. The quantitative estimate of drug-likeness (QED) is 0.671. The Bertz CT molecular complexity index is 1110. The average molecular weight is 377 g/mol. The molecule has 1 aliphatic heterocycles. The summed E-state index contributed by atoms with van der Waals surface area (Å²) in [6, 6.07) is 8.25. The van der Waals surface area contributed by atoms with Crippen molar-refractivity contribution < 1.29 is 4.79 Å². The topological polar surface area (TPSA) is 47.2 Å². The Labute approximate surface area is 164 Å². The average Bonchev–Trinajstić information content (AvgIpc) is 3.37. The molecule has 28 heavy (non-hydrogen) atoms. The second kappa shape index (κ2) is 6.80. The van der Waals surface area contributed by atoms with Crippen molar-refractivity contribution in [2.75, 3.05) is 13.1 Å². The lowest BCUT2D eigenvalue weighted by Gasteiger charge is -2.27. The molecule has 5 heteroatoms. The smallest absolute Gasteiger partial charge is 0.275 e. The number of rotatable bonds is 2. The van der Waals surface area contributed by atoms with E-state index in [9.17, 15) is 9.59 Å². The van der Waals surface area contributed by atoms with Crippen molar-refractivity contribution >= 4 is 27.7 Å². The van der Waals surface area contributed by atoms with Crippen LogP contribution in [0.4, 0.5) is 0 Å². The van der Waals surface area contributed by atoms with E-state index in [2.05, 4.69) is 0 Å². The van der Waals surface area contributed by atoms with Crippen molar-refractivity contribution in [3.05, 3.63) is 46.4 Å². The lowest BCUT2D eigenvalue weighted by Crippen LogP contribution is -2.37. The van der Waals surface area contributed by atoms with Crippen LogP contribution in [-0.2, 0) is 7.05 Å². The number of amides is 1. The van der Waals surface area contributed by atoms with Crippen LogP contribution in [0.15, 0.2) is 35.3 Å². The zero-order valence-electron chi connectivity index (χ0n) is 16.5. The first-order valence-electron chi connectivity index (χ1n) is 10.6. The maximum absolute atomic E-state index is 13.5. The van der Waals surface area contributed by atoms with Gasteiger partial charge in [-0.1, -0.05) is 31.0 Å². The van der Waals surface area contributed by atoms with Crippen LogP contribution in [0.5, 0.6) is 0 Å². The summed E-state index contributed by atoms with van der Waals surface area (Å²) >= 11 is 0. The molecule has 0 radical (unpaired) electrons. The van der Waals surface area contributed by atoms with Crippen LogP contribution >= 0.6 is 0 Å². The fraction of sp³-hybridized carbons (Fsp3) is 0.478. The van der Waals surface area contributed by atoms with Gasteiger partial charge in [-0.2, -0.15) is 0 Å². The molecule has 1 aliphatic carbocycles. The van der Waals surface area contributed by atoms with E-state index in [4.69, 9.17) is 0 Å². The largest absolute Gasteiger partial charge is 0.339 e. The van der Waals surface area contributed by atoms with E-state index < -0.39 is 0 Å². The third-order valence-electron chi connectivity index (χ3n) is 6.67. The van der Waals surface area contributed by atoms with Crippen molar-refractivity contribution in [1.82, 2.24) is 14.0 Å². The number of aryl methyl sites for hydroxylation is 1. The molecule has 2 aliphatic rings. The van der Waals surface area contributed by atoms with Gasteiger partial charge in [-0.25, -0.2) is 0 Å². The molecule has 0 N–H and O–H groups in total. The van der Waals surface area contributed by atoms with Crippen LogP contribution in [0.2, 0.25) is 0 Å². The third-order valence-corrected chi connectivity index (χ3v) is 6.67. The highest BCUT2D eigenvalue weighted by Gasteiger charge is 2.28. The molecule has 146 valence electrons. The lowest BCUT2D eigenvalue weighted by atomic mass is 10.0. The van der Waals surface area contributed by atoms with Gasteiger partial charge in [0.25, 0.3) is 11.5 Å². The first-order chi connectivity index (χ1) is 13.7. The van der Waals surface area contributed by atoms with Gasteiger partial charge in [0.15, 0.2) is 0 Å². The molecule has 1 saturated heterocycles. The van der Waals surface area contributed by atoms with Crippen LogP contribution in [0.3, 0.4) is 0 Å². The van der Waals surface area contributed by atoms with E-state index in [1.165, 1.54) is 6.42 Å². The molecular formula is C23H27N3O2. The summed E-state index contributed by atoms with van der Waals surface area (Å²) in [5.41, 5.74) is 2.40. The second-order valence-electron chi connectivity index (χ2n) is 8.35. The summed E-state index contributed by atoms with van der Waals surface area (Å²) in [6.45, 7) is 1.63. The van der Waals surface area contributed by atoms with Crippen LogP contribution < -0.4 is 5.56 Å². The third kappa shape index (κ3) is 2.60. The summed E-state index contributed by atoms with van der Waals surface area (Å²) in [6.07, 6.45) is 9.54. The predicted molar refractivity (Wildman–Crippen MR) is 112 cm³/mol. The highest BCUT2D eigenvalue weighted by molar-refractivity contribution is 6.17. The molecule has 2 fully saturated rings. The molecule has 3 heterocycles. The Morgan fingerprint density at radius 3 is 2.46 bits per heavy atom. The standard InChI is InChI=1S/C23H27N3O2/c1-24-19-12-6-5-11-17(19)20-18(22(27)25-13-7-2-8-14-25)15-26(23(28)21(20)24)16-9-3-4-10-16/h5-6,11-12,15-16H,2-4,7-10,13-14H2,1H3. The zero-order valence-corrected chi connectivity index (χ0v) is 16.5. The van der Waals surface area contributed by atoms with Gasteiger partial charge in [-0.05, 0) is 38.2 Å². The van der Waals surface area contributed by atoms with Crippen molar-refractivity contribution in [2.24, 2.45) is 7.05 Å². The minimum Gasteiger partial charge on any atom is -0.339 e. The molecule has 5 rings (SSSR count). The van der Waals surface area contributed by atoms with Gasteiger partial charge in [-0.3, -0.25) is 9.59 Å². The summed E-state index contributed by atoms with van der Waals surface area (Å²) in [5.74, 6) is 0.0767. The number of aromatic nitrogens is 2. The van der Waals surface area contributed by atoms with Gasteiger partial charge < -0.3 is 14.0 Å². The Hall–Kier alpha value is -2.56. The van der Waals surface area contributed by atoms with Gasteiger partial charge in [0.05, 0.1) is 5.56 Å². The second-order valence-corrected chi connectivity index (χ2v) is 8.35. The van der Waals surface area contributed by atoms with Gasteiger partial charge >= 0.3 is 0 Å². The number of nitrogens with zero attached hydrogens (tertiary/aromatic N) is 3. The van der Waals surface area contributed by atoms with Crippen LogP contribution in [-0.4, -0.2) is 33.0 Å². The van der Waals surface area contributed by atoms with E-state index >= 15 is 0 Å². The molecule has 2 aromatic heterocycles. The van der Waals surface area contributed by atoms with E-state index in [0.29, 0.717) is 11.1 Å². The Balaban J connectivity index is 1.81.